The zero-order valence-corrected chi connectivity index (χ0v) is 14.3. The summed E-state index contributed by atoms with van der Waals surface area (Å²) in [5, 5.41) is 1.10. The van der Waals surface area contributed by atoms with E-state index in [4.69, 9.17) is 4.74 Å². The number of aromatic nitrogens is 1. The number of amides is 1. The van der Waals surface area contributed by atoms with Crippen LogP contribution in [0.4, 0.5) is 0 Å². The Morgan fingerprint density at radius 1 is 1.30 bits per heavy atom. The van der Waals surface area contributed by atoms with Gasteiger partial charge in [0.15, 0.2) is 0 Å². The molecule has 0 saturated carbocycles. The van der Waals surface area contributed by atoms with Crippen LogP contribution < -0.4 is 4.74 Å². The van der Waals surface area contributed by atoms with Crippen molar-refractivity contribution in [2.75, 3.05) is 34.3 Å². The van der Waals surface area contributed by atoms with Gasteiger partial charge in [0.2, 0.25) is 5.91 Å². The van der Waals surface area contributed by atoms with Gasteiger partial charge in [0, 0.05) is 36.2 Å². The largest absolute Gasteiger partial charge is 0.497 e. The number of hydrogen-bond acceptors (Lipinski definition) is 3. The van der Waals surface area contributed by atoms with Gasteiger partial charge in [0.1, 0.15) is 12.3 Å². The first-order chi connectivity index (χ1) is 11.0. The highest BCUT2D eigenvalue weighted by molar-refractivity contribution is 5.84. The number of ether oxygens (including phenoxy) is 1. The number of hydrogen-bond donors (Lipinski definition) is 0. The summed E-state index contributed by atoms with van der Waals surface area (Å²) in [6.07, 6.45) is 1.98. The normalized spacial score (nSPS) is 21.3. The highest BCUT2D eigenvalue weighted by Crippen LogP contribution is 2.23. The van der Waals surface area contributed by atoms with Gasteiger partial charge in [0.25, 0.3) is 0 Å². The van der Waals surface area contributed by atoms with Crippen molar-refractivity contribution in [3.8, 4) is 5.75 Å². The Labute approximate surface area is 137 Å². The topological polar surface area (TPSA) is 37.7 Å². The summed E-state index contributed by atoms with van der Waals surface area (Å²) in [5.74, 6) is 1.54. The first-order valence-electron chi connectivity index (χ1n) is 8.06. The van der Waals surface area contributed by atoms with Crippen LogP contribution in [0.2, 0.25) is 0 Å². The lowest BCUT2D eigenvalue weighted by Crippen LogP contribution is -2.36. The second-order valence-corrected chi connectivity index (χ2v) is 6.68. The molecule has 1 aliphatic rings. The van der Waals surface area contributed by atoms with Crippen molar-refractivity contribution in [1.82, 2.24) is 14.4 Å². The van der Waals surface area contributed by atoms with Crippen molar-refractivity contribution in [2.24, 2.45) is 5.92 Å². The summed E-state index contributed by atoms with van der Waals surface area (Å²) < 4.78 is 7.27. The van der Waals surface area contributed by atoms with Crippen molar-refractivity contribution in [3.05, 3.63) is 30.5 Å². The molecule has 2 heterocycles. The molecule has 0 bridgehead atoms. The summed E-state index contributed by atoms with van der Waals surface area (Å²) >= 11 is 0. The first-order valence-corrected chi connectivity index (χ1v) is 8.06. The van der Waals surface area contributed by atoms with Crippen LogP contribution in [-0.4, -0.2) is 60.6 Å². The van der Waals surface area contributed by atoms with E-state index < -0.39 is 0 Å². The van der Waals surface area contributed by atoms with E-state index in [-0.39, 0.29) is 5.91 Å². The van der Waals surface area contributed by atoms with E-state index in [1.165, 1.54) is 0 Å². The number of likely N-dealkylation sites (N-methyl/N-ethyl adjacent to an activating group) is 1. The maximum absolute atomic E-state index is 12.7. The van der Waals surface area contributed by atoms with Crippen LogP contribution >= 0.6 is 0 Å². The molecule has 1 aromatic heterocycles. The number of methoxy groups -OCH3 is 1. The molecule has 2 atom stereocenters. The average Bonchev–Trinajstić information content (AvgIpc) is 3.10. The fraction of sp³-hybridized carbons (Fsp3) is 0.500. The fourth-order valence-electron chi connectivity index (χ4n) is 3.51. The Bertz CT molecular complexity index is 707. The summed E-state index contributed by atoms with van der Waals surface area (Å²) in [5.41, 5.74) is 1.07. The highest BCUT2D eigenvalue weighted by Gasteiger charge is 2.33. The molecule has 5 nitrogen and oxygen atoms in total. The van der Waals surface area contributed by atoms with E-state index in [1.807, 2.05) is 39.9 Å². The van der Waals surface area contributed by atoms with Gasteiger partial charge < -0.3 is 19.1 Å². The van der Waals surface area contributed by atoms with E-state index in [9.17, 15) is 4.79 Å². The lowest BCUT2D eigenvalue weighted by molar-refractivity contribution is -0.130. The summed E-state index contributed by atoms with van der Waals surface area (Å²) in [6, 6.07) is 8.42. The van der Waals surface area contributed by atoms with E-state index in [0.717, 1.165) is 29.7 Å². The maximum Gasteiger partial charge on any atom is 0.242 e. The quantitative estimate of drug-likeness (QED) is 0.867. The molecule has 0 aliphatic carbocycles. The minimum Gasteiger partial charge on any atom is -0.497 e. The van der Waals surface area contributed by atoms with Crippen molar-refractivity contribution in [2.45, 2.75) is 19.5 Å². The average molecular weight is 315 g/mol. The predicted molar refractivity (Wildman–Crippen MR) is 91.7 cm³/mol. The Kier molecular flexibility index (Phi) is 4.31. The second kappa shape index (κ2) is 6.24. The summed E-state index contributed by atoms with van der Waals surface area (Å²) in [6.45, 7) is 4.27. The number of carbonyl (C=O) groups is 1. The fourth-order valence-corrected chi connectivity index (χ4v) is 3.51. The Balaban J connectivity index is 1.74. The molecule has 1 amide bonds. The third-order valence-electron chi connectivity index (χ3n) is 4.87. The number of benzene rings is 1. The minimum atomic E-state index is 0.189. The van der Waals surface area contributed by atoms with Crippen molar-refractivity contribution >= 4 is 16.8 Å². The number of carbonyl (C=O) groups excluding carboxylic acids is 1. The molecule has 3 rings (SSSR count). The molecule has 1 aromatic carbocycles. The molecule has 1 fully saturated rings. The summed E-state index contributed by atoms with van der Waals surface area (Å²) in [7, 11) is 5.83. The van der Waals surface area contributed by atoms with E-state index in [2.05, 4.69) is 25.9 Å². The SMILES string of the molecule is COc1ccc2c(ccn2CC(=O)N2C[C@H](C)[C@@H](N(C)C)C2)c1. The van der Waals surface area contributed by atoms with E-state index in [0.29, 0.717) is 18.5 Å². The van der Waals surface area contributed by atoms with E-state index >= 15 is 0 Å². The molecule has 1 saturated heterocycles. The molecule has 0 unspecified atom stereocenters. The predicted octanol–water partition coefficient (Wildman–Crippen LogP) is 2.06. The smallest absolute Gasteiger partial charge is 0.242 e. The lowest BCUT2D eigenvalue weighted by atomic mass is 10.1. The van der Waals surface area contributed by atoms with Gasteiger partial charge in [-0.05, 0) is 44.3 Å². The number of nitrogens with zero attached hydrogens (tertiary/aromatic N) is 3. The minimum absolute atomic E-state index is 0.189. The Morgan fingerprint density at radius 3 is 2.74 bits per heavy atom. The number of fused-ring (bicyclic) bond motifs is 1. The van der Waals surface area contributed by atoms with Crippen molar-refractivity contribution in [1.29, 1.82) is 0 Å². The van der Waals surface area contributed by atoms with Crippen LogP contribution in [0.25, 0.3) is 10.9 Å². The Morgan fingerprint density at radius 2 is 2.09 bits per heavy atom. The second-order valence-electron chi connectivity index (χ2n) is 6.68. The first kappa shape index (κ1) is 15.9. The molecule has 1 aliphatic heterocycles. The molecule has 23 heavy (non-hydrogen) atoms. The monoisotopic (exact) mass is 315 g/mol. The van der Waals surface area contributed by atoms with Gasteiger partial charge in [-0.1, -0.05) is 6.92 Å². The van der Waals surface area contributed by atoms with Crippen LogP contribution in [0.5, 0.6) is 5.75 Å². The molecule has 2 aromatic rings. The zero-order chi connectivity index (χ0) is 16.6. The summed E-state index contributed by atoms with van der Waals surface area (Å²) in [4.78, 5) is 16.9. The molecule has 5 heteroatoms. The van der Waals surface area contributed by atoms with Gasteiger partial charge in [-0.25, -0.2) is 0 Å². The standard InChI is InChI=1S/C18H25N3O2/c1-13-10-21(11-17(13)19(2)3)18(22)12-20-8-7-14-9-15(23-4)5-6-16(14)20/h5-9,13,17H,10-12H2,1-4H3/t13-,17-/m0/s1. The molecule has 0 spiro atoms. The maximum atomic E-state index is 12.7. The third kappa shape index (κ3) is 3.06. The van der Waals surface area contributed by atoms with Crippen LogP contribution in [0.3, 0.4) is 0 Å². The van der Waals surface area contributed by atoms with E-state index in [1.54, 1.807) is 7.11 Å². The molecule has 124 valence electrons. The van der Waals surface area contributed by atoms with Crippen LogP contribution in [-0.2, 0) is 11.3 Å². The van der Waals surface area contributed by atoms with Gasteiger partial charge >= 0.3 is 0 Å². The van der Waals surface area contributed by atoms with Gasteiger partial charge in [-0.15, -0.1) is 0 Å². The van der Waals surface area contributed by atoms with Gasteiger partial charge in [-0.2, -0.15) is 0 Å². The van der Waals surface area contributed by atoms with Crippen molar-refractivity contribution < 1.29 is 9.53 Å². The molecule has 0 N–H and O–H groups in total. The highest BCUT2D eigenvalue weighted by atomic mass is 16.5. The van der Waals surface area contributed by atoms with Gasteiger partial charge in [-0.3, -0.25) is 4.79 Å². The molecular formula is C18H25N3O2. The zero-order valence-electron chi connectivity index (χ0n) is 14.3. The lowest BCUT2D eigenvalue weighted by Gasteiger charge is -2.22. The third-order valence-corrected chi connectivity index (χ3v) is 4.87. The van der Waals surface area contributed by atoms with Crippen LogP contribution in [0.1, 0.15) is 6.92 Å². The van der Waals surface area contributed by atoms with Crippen LogP contribution in [0, 0.1) is 5.92 Å². The number of rotatable bonds is 4. The van der Waals surface area contributed by atoms with Crippen molar-refractivity contribution in [3.63, 3.8) is 0 Å². The Hall–Kier alpha value is -2.01. The molecule has 0 radical (unpaired) electrons. The number of likely N-dealkylation sites (tertiary alicyclic amines) is 1. The van der Waals surface area contributed by atoms with Gasteiger partial charge in [0.05, 0.1) is 7.11 Å². The van der Waals surface area contributed by atoms with Crippen LogP contribution in [0.15, 0.2) is 30.5 Å². The molecular weight excluding hydrogens is 290 g/mol.